The molecule has 17 heavy (non-hydrogen) atoms. The molecule has 0 aliphatic carbocycles. The molecule has 0 radical (unpaired) electrons. The Labute approximate surface area is 100 Å². The van der Waals surface area contributed by atoms with Crippen molar-refractivity contribution in [1.82, 2.24) is 0 Å². The molecular formula is C14H15NO2. The van der Waals surface area contributed by atoms with Gasteiger partial charge in [-0.15, -0.1) is 0 Å². The second-order valence-electron chi connectivity index (χ2n) is 3.62. The van der Waals surface area contributed by atoms with Gasteiger partial charge in [-0.05, 0) is 24.4 Å². The number of rotatable bonds is 3. The Kier molecular flexibility index (Phi) is 3.28. The fourth-order valence-electron chi connectivity index (χ4n) is 1.87. The fourth-order valence-corrected chi connectivity index (χ4v) is 1.87. The Morgan fingerprint density at radius 1 is 1.12 bits per heavy atom. The highest BCUT2D eigenvalue weighted by atomic mass is 16.5. The molecule has 0 aliphatic rings. The van der Waals surface area contributed by atoms with Gasteiger partial charge in [0, 0.05) is 10.9 Å². The summed E-state index contributed by atoms with van der Waals surface area (Å²) in [6.45, 7) is 2.37. The van der Waals surface area contributed by atoms with Crippen LogP contribution in [0.2, 0.25) is 0 Å². The Balaban J connectivity index is 2.62. The first-order valence-electron chi connectivity index (χ1n) is 5.55. The van der Waals surface area contributed by atoms with Gasteiger partial charge in [-0.1, -0.05) is 24.3 Å². The molecule has 0 atom stereocenters. The van der Waals surface area contributed by atoms with Gasteiger partial charge in [-0.25, -0.2) is 0 Å². The monoisotopic (exact) mass is 229 g/mol. The van der Waals surface area contributed by atoms with Gasteiger partial charge in [0.25, 0.3) is 0 Å². The summed E-state index contributed by atoms with van der Waals surface area (Å²) < 4.78 is 10.6. The molecule has 3 heteroatoms. The van der Waals surface area contributed by atoms with Crippen molar-refractivity contribution in [3.63, 3.8) is 0 Å². The highest BCUT2D eigenvalue weighted by Crippen LogP contribution is 2.28. The van der Waals surface area contributed by atoms with Crippen LogP contribution < -0.4 is 4.74 Å². The SMILES string of the molecule is CCOC(=N)c1ccc(OC)c2ccccc12. The number of hydrogen-bond acceptors (Lipinski definition) is 3. The van der Waals surface area contributed by atoms with Crippen molar-refractivity contribution in [2.75, 3.05) is 13.7 Å². The van der Waals surface area contributed by atoms with Crippen LogP contribution in [-0.2, 0) is 4.74 Å². The summed E-state index contributed by atoms with van der Waals surface area (Å²) in [5, 5.41) is 9.85. The number of benzene rings is 2. The lowest BCUT2D eigenvalue weighted by molar-refractivity contribution is 0.326. The minimum absolute atomic E-state index is 0.200. The van der Waals surface area contributed by atoms with Crippen LogP contribution in [-0.4, -0.2) is 19.6 Å². The minimum atomic E-state index is 0.200. The summed E-state index contributed by atoms with van der Waals surface area (Å²) in [6.07, 6.45) is 0. The predicted molar refractivity (Wildman–Crippen MR) is 69.0 cm³/mol. The van der Waals surface area contributed by atoms with E-state index in [0.717, 1.165) is 22.1 Å². The zero-order valence-electron chi connectivity index (χ0n) is 9.99. The van der Waals surface area contributed by atoms with Crippen molar-refractivity contribution < 1.29 is 9.47 Å². The van der Waals surface area contributed by atoms with E-state index in [4.69, 9.17) is 14.9 Å². The molecule has 3 nitrogen and oxygen atoms in total. The lowest BCUT2D eigenvalue weighted by Gasteiger charge is -2.11. The van der Waals surface area contributed by atoms with Crippen LogP contribution in [0.25, 0.3) is 10.8 Å². The van der Waals surface area contributed by atoms with Gasteiger partial charge in [0.1, 0.15) is 5.75 Å². The quantitative estimate of drug-likeness (QED) is 0.648. The van der Waals surface area contributed by atoms with Crippen LogP contribution >= 0.6 is 0 Å². The van der Waals surface area contributed by atoms with E-state index < -0.39 is 0 Å². The van der Waals surface area contributed by atoms with Gasteiger partial charge in [0.2, 0.25) is 5.90 Å². The molecule has 0 amide bonds. The zero-order valence-corrected chi connectivity index (χ0v) is 9.99. The lowest BCUT2D eigenvalue weighted by Crippen LogP contribution is -2.05. The second kappa shape index (κ2) is 4.87. The van der Waals surface area contributed by atoms with E-state index in [1.54, 1.807) is 7.11 Å². The average molecular weight is 229 g/mol. The summed E-state index contributed by atoms with van der Waals surface area (Å²) in [7, 11) is 1.65. The van der Waals surface area contributed by atoms with E-state index in [2.05, 4.69) is 0 Å². The molecule has 0 aromatic heterocycles. The van der Waals surface area contributed by atoms with Gasteiger partial charge >= 0.3 is 0 Å². The van der Waals surface area contributed by atoms with Gasteiger partial charge < -0.3 is 9.47 Å². The Hall–Kier alpha value is -2.03. The van der Waals surface area contributed by atoms with Gasteiger partial charge in [0.15, 0.2) is 0 Å². The lowest BCUT2D eigenvalue weighted by atomic mass is 10.0. The predicted octanol–water partition coefficient (Wildman–Crippen LogP) is 3.21. The molecule has 88 valence electrons. The summed E-state index contributed by atoms with van der Waals surface area (Å²) >= 11 is 0. The van der Waals surface area contributed by atoms with Gasteiger partial charge in [-0.2, -0.15) is 0 Å². The third-order valence-corrected chi connectivity index (χ3v) is 2.64. The molecule has 0 bridgehead atoms. The molecule has 0 fully saturated rings. The molecule has 0 unspecified atom stereocenters. The maximum atomic E-state index is 7.88. The highest BCUT2D eigenvalue weighted by molar-refractivity contribution is 6.07. The van der Waals surface area contributed by atoms with E-state index in [9.17, 15) is 0 Å². The molecule has 0 saturated carbocycles. The molecule has 0 saturated heterocycles. The van der Waals surface area contributed by atoms with E-state index in [0.29, 0.717) is 6.61 Å². The number of fused-ring (bicyclic) bond motifs is 1. The molecule has 2 rings (SSSR count). The third kappa shape index (κ3) is 2.09. The Bertz CT molecular complexity index is 549. The fraction of sp³-hybridized carbons (Fsp3) is 0.214. The number of ether oxygens (including phenoxy) is 2. The van der Waals surface area contributed by atoms with Crippen molar-refractivity contribution in [1.29, 1.82) is 5.41 Å². The van der Waals surface area contributed by atoms with Crippen molar-refractivity contribution in [2.45, 2.75) is 6.92 Å². The van der Waals surface area contributed by atoms with Crippen LogP contribution in [0.3, 0.4) is 0 Å². The maximum Gasteiger partial charge on any atom is 0.213 e. The smallest absolute Gasteiger partial charge is 0.213 e. The summed E-state index contributed by atoms with van der Waals surface area (Å²) in [5.74, 6) is 1.01. The van der Waals surface area contributed by atoms with Crippen molar-refractivity contribution >= 4 is 16.7 Å². The molecule has 0 heterocycles. The Morgan fingerprint density at radius 3 is 2.47 bits per heavy atom. The van der Waals surface area contributed by atoms with Crippen molar-refractivity contribution in [3.8, 4) is 5.75 Å². The van der Waals surface area contributed by atoms with Crippen LogP contribution in [0.15, 0.2) is 36.4 Å². The largest absolute Gasteiger partial charge is 0.496 e. The van der Waals surface area contributed by atoms with E-state index in [1.807, 2.05) is 43.3 Å². The summed E-state index contributed by atoms with van der Waals surface area (Å²) in [5.41, 5.74) is 0.795. The highest BCUT2D eigenvalue weighted by Gasteiger charge is 2.10. The number of nitrogens with one attached hydrogen (secondary N) is 1. The molecular weight excluding hydrogens is 214 g/mol. The Morgan fingerprint density at radius 2 is 1.82 bits per heavy atom. The van der Waals surface area contributed by atoms with Gasteiger partial charge in [0.05, 0.1) is 13.7 Å². The van der Waals surface area contributed by atoms with E-state index >= 15 is 0 Å². The first kappa shape index (κ1) is 11.5. The number of hydrogen-bond donors (Lipinski definition) is 1. The van der Waals surface area contributed by atoms with Crippen molar-refractivity contribution in [2.24, 2.45) is 0 Å². The summed E-state index contributed by atoms with van der Waals surface area (Å²) in [4.78, 5) is 0. The van der Waals surface area contributed by atoms with Crippen LogP contribution in [0.5, 0.6) is 5.75 Å². The normalized spacial score (nSPS) is 10.2. The maximum absolute atomic E-state index is 7.88. The standard InChI is InChI=1S/C14H15NO2/c1-3-17-14(15)12-8-9-13(16-2)11-7-5-4-6-10(11)12/h4-9,15H,3H2,1-2H3. The molecule has 2 aromatic rings. The minimum Gasteiger partial charge on any atom is -0.496 e. The second-order valence-corrected chi connectivity index (χ2v) is 3.62. The molecule has 0 aliphatic heterocycles. The molecule has 2 aromatic carbocycles. The van der Waals surface area contributed by atoms with Gasteiger partial charge in [-0.3, -0.25) is 5.41 Å². The van der Waals surface area contributed by atoms with E-state index in [1.165, 1.54) is 0 Å². The zero-order chi connectivity index (χ0) is 12.3. The summed E-state index contributed by atoms with van der Waals surface area (Å²) in [6, 6.07) is 11.6. The first-order valence-corrected chi connectivity index (χ1v) is 5.55. The first-order chi connectivity index (χ1) is 8.27. The average Bonchev–Trinajstić information content (AvgIpc) is 2.37. The molecule has 0 spiro atoms. The molecule has 1 N–H and O–H groups in total. The van der Waals surface area contributed by atoms with E-state index in [-0.39, 0.29) is 5.90 Å². The topological polar surface area (TPSA) is 42.3 Å². The van der Waals surface area contributed by atoms with Crippen LogP contribution in [0.4, 0.5) is 0 Å². The third-order valence-electron chi connectivity index (χ3n) is 2.64. The van der Waals surface area contributed by atoms with Crippen LogP contribution in [0.1, 0.15) is 12.5 Å². The number of methoxy groups -OCH3 is 1. The van der Waals surface area contributed by atoms with Crippen LogP contribution in [0, 0.1) is 5.41 Å². The van der Waals surface area contributed by atoms with Crippen molar-refractivity contribution in [3.05, 3.63) is 42.0 Å².